The number of carboxylic acids is 2. The number of halogens is 2. The van der Waals surface area contributed by atoms with Gasteiger partial charge >= 0.3 is 11.9 Å². The topological polar surface area (TPSA) is 137 Å². The van der Waals surface area contributed by atoms with E-state index in [0.29, 0.717) is 41.4 Å². The molecule has 1 unspecified atom stereocenters. The van der Waals surface area contributed by atoms with Gasteiger partial charge in [-0.25, -0.2) is 18.4 Å². The Morgan fingerprint density at radius 2 is 1.53 bits per heavy atom. The second-order valence-corrected chi connectivity index (χ2v) is 11.5. The monoisotopic (exact) mass is 646 g/mol. The molecule has 1 aliphatic heterocycles. The molecular weight excluding hydrogens is 610 g/mol. The highest BCUT2D eigenvalue weighted by molar-refractivity contribution is 5.95. The minimum Gasteiger partial charge on any atom is -0.493 e. The van der Waals surface area contributed by atoms with Crippen LogP contribution in [0, 0.1) is 28.4 Å². The summed E-state index contributed by atoms with van der Waals surface area (Å²) in [6.07, 6.45) is 1.11. The van der Waals surface area contributed by atoms with Gasteiger partial charge in [0, 0.05) is 24.1 Å². The molecule has 1 fully saturated rings. The van der Waals surface area contributed by atoms with Crippen molar-refractivity contribution in [2.45, 2.75) is 51.0 Å². The molecule has 0 spiro atoms. The number of benzene rings is 3. The van der Waals surface area contributed by atoms with Crippen molar-refractivity contribution >= 4 is 17.7 Å². The van der Waals surface area contributed by atoms with E-state index in [-0.39, 0.29) is 37.5 Å². The van der Waals surface area contributed by atoms with Crippen LogP contribution in [-0.4, -0.2) is 59.1 Å². The number of rotatable bonds is 13. The summed E-state index contributed by atoms with van der Waals surface area (Å²) in [6, 6.07) is 18.3. The van der Waals surface area contributed by atoms with E-state index in [2.05, 4.69) is 6.07 Å². The van der Waals surface area contributed by atoms with E-state index in [9.17, 15) is 38.6 Å². The maximum Gasteiger partial charge on any atom is 0.352 e. The van der Waals surface area contributed by atoms with Gasteiger partial charge in [-0.2, -0.15) is 5.26 Å². The molecule has 1 atom stereocenters. The Morgan fingerprint density at radius 3 is 1.96 bits per heavy atom. The van der Waals surface area contributed by atoms with Gasteiger partial charge in [0.05, 0.1) is 19.3 Å². The lowest BCUT2D eigenvalue weighted by molar-refractivity contribution is -0.137. The molecule has 0 bridgehead atoms. The third-order valence-corrected chi connectivity index (χ3v) is 8.95. The molecule has 1 heterocycles. The average molecular weight is 647 g/mol. The Balaban J connectivity index is 2.00. The molecule has 246 valence electrons. The van der Waals surface area contributed by atoms with Gasteiger partial charge in [-0.3, -0.25) is 4.79 Å². The second-order valence-electron chi connectivity index (χ2n) is 11.5. The summed E-state index contributed by atoms with van der Waals surface area (Å²) in [5.41, 5.74) is -1.94. The fraction of sp³-hybridized carbons (Fsp3) is 0.333. The number of nitriles is 1. The number of hydrogen-bond donors (Lipinski definition) is 2. The number of carbonyl (C=O) groups is 3. The van der Waals surface area contributed by atoms with Crippen molar-refractivity contribution in [2.24, 2.45) is 5.41 Å². The summed E-state index contributed by atoms with van der Waals surface area (Å²) < 4.78 is 41.0. The number of nitrogens with zero attached hydrogens (tertiary/aromatic N) is 2. The van der Waals surface area contributed by atoms with Crippen molar-refractivity contribution in [3.63, 3.8) is 0 Å². The van der Waals surface area contributed by atoms with E-state index in [1.807, 2.05) is 6.92 Å². The largest absolute Gasteiger partial charge is 0.493 e. The Hall–Kier alpha value is -5.24. The van der Waals surface area contributed by atoms with Crippen LogP contribution in [0.25, 0.3) is 0 Å². The molecule has 0 amide bonds. The van der Waals surface area contributed by atoms with Crippen LogP contribution in [0.3, 0.4) is 0 Å². The molecule has 11 heteroatoms. The van der Waals surface area contributed by atoms with Crippen LogP contribution in [0.5, 0.6) is 11.5 Å². The number of hydrogen-bond acceptors (Lipinski definition) is 7. The fourth-order valence-electron chi connectivity index (χ4n) is 6.72. The van der Waals surface area contributed by atoms with Gasteiger partial charge < -0.3 is 24.6 Å². The standard InChI is InChI=1S/C36H36F2N2O7/c1-4-5-32(47-30-15-6-24(23(2)41)20-31(30)46-3)35(16-18-40(19-17-35)29(34(44)45)21-33(42)43)36(22-39,25-7-11-27(37)12-8-25)26-9-13-28(38)14-10-26/h6-15,20-21,32H,4-5,16-19H2,1-3H3,(H,42,43)(H,44,45)/b29-21+. The van der Waals surface area contributed by atoms with Gasteiger partial charge in [0.1, 0.15) is 28.9 Å². The third kappa shape index (κ3) is 6.82. The first-order chi connectivity index (χ1) is 22.4. The van der Waals surface area contributed by atoms with Crippen LogP contribution < -0.4 is 9.47 Å². The van der Waals surface area contributed by atoms with Crippen LogP contribution in [0.15, 0.2) is 78.5 Å². The van der Waals surface area contributed by atoms with Crippen molar-refractivity contribution in [3.8, 4) is 17.6 Å². The van der Waals surface area contributed by atoms with Crippen molar-refractivity contribution in [2.75, 3.05) is 20.2 Å². The van der Waals surface area contributed by atoms with Gasteiger partial charge in [0.2, 0.25) is 0 Å². The molecule has 1 aliphatic rings. The van der Waals surface area contributed by atoms with Gasteiger partial charge in [0.25, 0.3) is 0 Å². The molecule has 2 N–H and O–H groups in total. The van der Waals surface area contributed by atoms with E-state index >= 15 is 0 Å². The molecule has 1 saturated heterocycles. The SMILES string of the molecule is CCCC(Oc1ccc(C(C)=O)cc1OC)C1(C(C#N)(c2ccc(F)cc2)c2ccc(F)cc2)CCN(/C(=C/C(=O)O)C(=O)O)CC1. The first-order valence-corrected chi connectivity index (χ1v) is 15.1. The van der Waals surface area contributed by atoms with E-state index < -0.39 is 46.2 Å². The predicted octanol–water partition coefficient (Wildman–Crippen LogP) is 6.37. The quantitative estimate of drug-likeness (QED) is 0.160. The van der Waals surface area contributed by atoms with E-state index in [4.69, 9.17) is 9.47 Å². The molecule has 0 aliphatic carbocycles. The zero-order valence-electron chi connectivity index (χ0n) is 26.3. The maximum absolute atomic E-state index is 14.3. The molecule has 3 aromatic rings. The zero-order valence-corrected chi connectivity index (χ0v) is 26.3. The van der Waals surface area contributed by atoms with Crippen LogP contribution in [0.4, 0.5) is 8.78 Å². The number of Topliss-reactive ketones (excluding diaryl/α,β-unsaturated/α-hetero) is 1. The lowest BCUT2D eigenvalue weighted by Crippen LogP contribution is -2.59. The van der Waals surface area contributed by atoms with Gasteiger partial charge in [0.15, 0.2) is 17.3 Å². The summed E-state index contributed by atoms with van der Waals surface area (Å²) in [4.78, 5) is 37.2. The second kappa shape index (κ2) is 14.5. The number of ketones is 1. The molecule has 4 rings (SSSR count). The number of methoxy groups -OCH3 is 1. The summed E-state index contributed by atoms with van der Waals surface area (Å²) in [5.74, 6) is -3.47. The molecule has 9 nitrogen and oxygen atoms in total. The highest BCUT2D eigenvalue weighted by Gasteiger charge is 2.60. The smallest absolute Gasteiger partial charge is 0.352 e. The predicted molar refractivity (Wildman–Crippen MR) is 168 cm³/mol. The Morgan fingerprint density at radius 1 is 0.979 bits per heavy atom. The average Bonchev–Trinajstić information content (AvgIpc) is 3.05. The van der Waals surface area contributed by atoms with E-state index in [1.165, 1.54) is 67.5 Å². The number of ether oxygens (including phenoxy) is 2. The normalized spacial score (nSPS) is 15.3. The van der Waals surface area contributed by atoms with E-state index in [0.717, 1.165) is 0 Å². The number of carboxylic acid groups (broad SMARTS) is 2. The first-order valence-electron chi connectivity index (χ1n) is 15.1. The minimum atomic E-state index is -1.59. The summed E-state index contributed by atoms with van der Waals surface area (Å²) >= 11 is 0. The lowest BCUT2D eigenvalue weighted by atomic mass is 9.51. The minimum absolute atomic E-state index is 0.0290. The Bertz CT molecular complexity index is 1640. The van der Waals surface area contributed by atoms with E-state index in [1.54, 1.807) is 18.2 Å². The highest BCUT2D eigenvalue weighted by Crippen LogP contribution is 2.57. The van der Waals surface area contributed by atoms with Crippen molar-refractivity contribution in [1.82, 2.24) is 4.90 Å². The van der Waals surface area contributed by atoms with Crippen LogP contribution in [0.1, 0.15) is 61.0 Å². The maximum atomic E-state index is 14.3. The zero-order chi connectivity index (χ0) is 34.4. The number of likely N-dealkylation sites (tertiary alicyclic amines) is 1. The van der Waals surface area contributed by atoms with Gasteiger partial charge in [-0.1, -0.05) is 37.6 Å². The van der Waals surface area contributed by atoms with Crippen LogP contribution >= 0.6 is 0 Å². The number of aliphatic carboxylic acids is 2. The molecular formula is C36H36F2N2O7. The third-order valence-electron chi connectivity index (χ3n) is 8.95. The summed E-state index contributed by atoms with van der Waals surface area (Å²) in [7, 11) is 1.44. The first kappa shape index (κ1) is 34.6. The van der Waals surface area contributed by atoms with Crippen LogP contribution in [0.2, 0.25) is 0 Å². The van der Waals surface area contributed by atoms with Gasteiger partial charge in [-0.05, 0) is 79.8 Å². The molecule has 0 saturated carbocycles. The summed E-state index contributed by atoms with van der Waals surface area (Å²) in [5, 5.41) is 30.6. The number of piperidine rings is 1. The van der Waals surface area contributed by atoms with Crippen LogP contribution in [-0.2, 0) is 15.0 Å². The van der Waals surface area contributed by atoms with Crippen molar-refractivity contribution < 1.29 is 42.9 Å². The Kier molecular flexibility index (Phi) is 10.7. The van der Waals surface area contributed by atoms with Gasteiger partial charge in [-0.15, -0.1) is 0 Å². The summed E-state index contributed by atoms with van der Waals surface area (Å²) in [6.45, 7) is 3.43. The molecule has 0 aromatic heterocycles. The Labute approximate surface area is 271 Å². The number of carbonyl (C=O) groups excluding carboxylic acids is 1. The molecule has 47 heavy (non-hydrogen) atoms. The fourth-order valence-corrected chi connectivity index (χ4v) is 6.72. The highest BCUT2D eigenvalue weighted by atomic mass is 19.1. The molecule has 3 aromatic carbocycles. The van der Waals surface area contributed by atoms with Crippen molar-refractivity contribution in [1.29, 1.82) is 5.26 Å². The van der Waals surface area contributed by atoms with Crippen molar-refractivity contribution in [3.05, 3.63) is 107 Å². The molecule has 0 radical (unpaired) electrons. The lowest BCUT2D eigenvalue weighted by Gasteiger charge is -2.55.